The fourth-order valence-electron chi connectivity index (χ4n) is 1.78. The summed E-state index contributed by atoms with van der Waals surface area (Å²) < 4.78 is 3.41. The van der Waals surface area contributed by atoms with E-state index in [0.717, 1.165) is 11.4 Å². The Kier molecular flexibility index (Phi) is 3.96. The molecule has 0 aromatic carbocycles. The summed E-state index contributed by atoms with van der Waals surface area (Å²) in [5.74, 6) is 0. The summed E-state index contributed by atoms with van der Waals surface area (Å²) >= 11 is 9.28. The summed E-state index contributed by atoms with van der Waals surface area (Å²) in [6.07, 6.45) is 1.44. The van der Waals surface area contributed by atoms with Crippen molar-refractivity contribution in [2.45, 2.75) is 26.9 Å². The zero-order valence-electron chi connectivity index (χ0n) is 10.4. The first-order valence-electron chi connectivity index (χ1n) is 5.65. The molecule has 6 nitrogen and oxygen atoms in total. The third-order valence-corrected chi connectivity index (χ3v) is 3.80. The highest BCUT2D eigenvalue weighted by Crippen LogP contribution is 2.20. The van der Waals surface area contributed by atoms with E-state index in [-0.39, 0.29) is 6.54 Å². The first-order valence-corrected chi connectivity index (χ1v) is 6.82. The van der Waals surface area contributed by atoms with Crippen molar-refractivity contribution in [1.29, 1.82) is 0 Å². The van der Waals surface area contributed by atoms with Crippen LogP contribution in [0, 0.1) is 6.92 Å². The fourth-order valence-corrected chi connectivity index (χ4v) is 2.32. The zero-order valence-corrected chi connectivity index (χ0v) is 12.7. The normalized spacial score (nSPS) is 10.9. The van der Waals surface area contributed by atoms with Crippen molar-refractivity contribution < 1.29 is 0 Å². The average Bonchev–Trinajstić information content (AvgIpc) is 2.63. The van der Waals surface area contributed by atoms with Gasteiger partial charge in [-0.15, -0.1) is 0 Å². The molecule has 0 bridgehead atoms. The Morgan fingerprint density at radius 2 is 2.16 bits per heavy atom. The van der Waals surface area contributed by atoms with Crippen LogP contribution in [0.25, 0.3) is 0 Å². The number of aromatic amines is 1. The van der Waals surface area contributed by atoms with Crippen LogP contribution in [0.15, 0.2) is 20.3 Å². The molecule has 8 heteroatoms. The second kappa shape index (κ2) is 5.34. The molecule has 0 unspecified atom stereocenters. The van der Waals surface area contributed by atoms with Gasteiger partial charge in [-0.05, 0) is 29.8 Å². The molecule has 2 heterocycles. The van der Waals surface area contributed by atoms with Crippen LogP contribution in [0.4, 0.5) is 0 Å². The monoisotopic (exact) mass is 346 g/mol. The van der Waals surface area contributed by atoms with Gasteiger partial charge < -0.3 is 0 Å². The van der Waals surface area contributed by atoms with E-state index in [1.165, 1.54) is 10.8 Å². The molecule has 0 amide bonds. The lowest BCUT2D eigenvalue weighted by Crippen LogP contribution is -2.30. The second-order valence-corrected chi connectivity index (χ2v) is 5.26. The number of halogens is 2. The van der Waals surface area contributed by atoms with Crippen LogP contribution in [0.1, 0.15) is 18.3 Å². The smallest absolute Gasteiger partial charge is 0.293 e. The quantitative estimate of drug-likeness (QED) is 0.915. The van der Waals surface area contributed by atoms with Gasteiger partial charge in [-0.3, -0.25) is 19.0 Å². The van der Waals surface area contributed by atoms with Crippen molar-refractivity contribution in [2.75, 3.05) is 0 Å². The summed E-state index contributed by atoms with van der Waals surface area (Å²) in [6, 6.07) is 0. The van der Waals surface area contributed by atoms with E-state index in [9.17, 15) is 9.59 Å². The molecule has 0 atom stereocenters. The summed E-state index contributed by atoms with van der Waals surface area (Å²) in [5, 5.41) is 4.82. The number of hydrogen-bond donors (Lipinski definition) is 1. The predicted molar refractivity (Wildman–Crippen MR) is 75.8 cm³/mol. The number of hydrogen-bond acceptors (Lipinski definition) is 3. The standard InChI is InChI=1S/C11H12BrClN4O2/c1-3-17-8(9(13)6(2)15-17)5-16-4-7(12)10(18)14-11(16)19/h4H,3,5H2,1-2H3,(H,14,18,19). The van der Waals surface area contributed by atoms with Gasteiger partial charge in [-0.1, -0.05) is 11.6 Å². The number of aryl methyl sites for hydroxylation is 2. The molecule has 0 aliphatic carbocycles. The fraction of sp³-hybridized carbons (Fsp3) is 0.364. The van der Waals surface area contributed by atoms with Gasteiger partial charge in [0.2, 0.25) is 0 Å². The number of rotatable bonds is 3. The molecule has 19 heavy (non-hydrogen) atoms. The Bertz CT molecular complexity index is 731. The lowest BCUT2D eigenvalue weighted by atomic mass is 10.3. The van der Waals surface area contributed by atoms with Gasteiger partial charge in [0.05, 0.1) is 27.4 Å². The summed E-state index contributed by atoms with van der Waals surface area (Å²) in [4.78, 5) is 25.2. The summed E-state index contributed by atoms with van der Waals surface area (Å²) in [5.41, 5.74) is 0.524. The molecule has 2 rings (SSSR count). The van der Waals surface area contributed by atoms with E-state index in [1.807, 2.05) is 13.8 Å². The van der Waals surface area contributed by atoms with Crippen molar-refractivity contribution in [3.63, 3.8) is 0 Å². The molecule has 0 saturated carbocycles. The highest BCUT2D eigenvalue weighted by Gasteiger charge is 2.14. The highest BCUT2D eigenvalue weighted by molar-refractivity contribution is 9.10. The minimum Gasteiger partial charge on any atom is -0.293 e. The molecule has 0 spiro atoms. The van der Waals surface area contributed by atoms with Crippen molar-refractivity contribution in [1.82, 2.24) is 19.3 Å². The zero-order chi connectivity index (χ0) is 14.2. The molecule has 1 N–H and O–H groups in total. The molecule has 2 aromatic heterocycles. The number of nitrogens with zero attached hydrogens (tertiary/aromatic N) is 3. The Morgan fingerprint density at radius 1 is 1.47 bits per heavy atom. The first-order chi connectivity index (χ1) is 8.93. The van der Waals surface area contributed by atoms with Gasteiger partial charge in [0.25, 0.3) is 5.56 Å². The third kappa shape index (κ3) is 2.66. The van der Waals surface area contributed by atoms with E-state index < -0.39 is 11.2 Å². The average molecular weight is 348 g/mol. The Hall–Kier alpha value is -1.34. The topological polar surface area (TPSA) is 72.7 Å². The third-order valence-electron chi connectivity index (χ3n) is 2.74. The largest absolute Gasteiger partial charge is 0.328 e. The number of H-pyrrole nitrogens is 1. The molecule has 0 radical (unpaired) electrons. The van der Waals surface area contributed by atoms with Crippen LogP contribution in [-0.4, -0.2) is 19.3 Å². The highest BCUT2D eigenvalue weighted by atomic mass is 79.9. The molecule has 0 aliphatic rings. The van der Waals surface area contributed by atoms with Gasteiger partial charge in [0, 0.05) is 12.7 Å². The maximum Gasteiger partial charge on any atom is 0.328 e. The van der Waals surface area contributed by atoms with E-state index >= 15 is 0 Å². The van der Waals surface area contributed by atoms with Crippen LogP contribution in [0.2, 0.25) is 5.02 Å². The second-order valence-electron chi connectivity index (χ2n) is 4.03. The van der Waals surface area contributed by atoms with Crippen molar-refractivity contribution >= 4 is 27.5 Å². The number of nitrogens with one attached hydrogen (secondary N) is 1. The predicted octanol–water partition coefficient (Wildman–Crippen LogP) is 1.53. The van der Waals surface area contributed by atoms with Crippen molar-refractivity contribution in [2.24, 2.45) is 0 Å². The van der Waals surface area contributed by atoms with Crippen molar-refractivity contribution in [3.05, 3.63) is 47.9 Å². The van der Waals surface area contributed by atoms with Crippen LogP contribution in [0.5, 0.6) is 0 Å². The SMILES string of the molecule is CCn1nc(C)c(Cl)c1Cn1cc(Br)c(=O)[nH]c1=O. The maximum absolute atomic E-state index is 11.7. The lowest BCUT2D eigenvalue weighted by Gasteiger charge is -2.08. The summed E-state index contributed by atoms with van der Waals surface area (Å²) in [7, 11) is 0. The molecule has 0 fully saturated rings. The van der Waals surface area contributed by atoms with Gasteiger partial charge in [-0.2, -0.15) is 5.10 Å². The molecular weight excluding hydrogens is 336 g/mol. The lowest BCUT2D eigenvalue weighted by molar-refractivity contribution is 0.585. The van der Waals surface area contributed by atoms with Gasteiger partial charge >= 0.3 is 5.69 Å². The van der Waals surface area contributed by atoms with E-state index in [0.29, 0.717) is 16.0 Å². The Labute approximate surface area is 122 Å². The van der Waals surface area contributed by atoms with Crippen molar-refractivity contribution in [3.8, 4) is 0 Å². The molecule has 0 saturated heterocycles. The summed E-state index contributed by atoms with van der Waals surface area (Å²) in [6.45, 7) is 4.66. The molecular formula is C11H12BrClN4O2. The van der Waals surface area contributed by atoms with Crippen LogP contribution in [0.3, 0.4) is 0 Å². The minimum atomic E-state index is -0.481. The van der Waals surface area contributed by atoms with Crippen LogP contribution < -0.4 is 11.2 Å². The molecule has 0 aliphatic heterocycles. The molecule has 2 aromatic rings. The van der Waals surface area contributed by atoms with Gasteiger partial charge in [-0.25, -0.2) is 4.79 Å². The van der Waals surface area contributed by atoms with E-state index in [2.05, 4.69) is 26.0 Å². The Morgan fingerprint density at radius 3 is 2.79 bits per heavy atom. The van der Waals surface area contributed by atoms with Crippen LogP contribution in [-0.2, 0) is 13.1 Å². The van der Waals surface area contributed by atoms with Crippen LogP contribution >= 0.6 is 27.5 Å². The Balaban J connectivity index is 2.50. The van der Waals surface area contributed by atoms with Gasteiger partial charge in [0.1, 0.15) is 0 Å². The minimum absolute atomic E-state index is 0.252. The van der Waals surface area contributed by atoms with E-state index in [4.69, 9.17) is 11.6 Å². The van der Waals surface area contributed by atoms with Gasteiger partial charge in [0.15, 0.2) is 0 Å². The molecule has 102 valence electrons. The number of aromatic nitrogens is 4. The first kappa shape index (κ1) is 14.1. The van der Waals surface area contributed by atoms with E-state index in [1.54, 1.807) is 4.68 Å². The maximum atomic E-state index is 11.7.